The van der Waals surface area contributed by atoms with Crippen LogP contribution in [-0.4, -0.2) is 12.5 Å². The number of para-hydroxylation sites is 1. The van der Waals surface area contributed by atoms with Crippen LogP contribution in [0.4, 0.5) is 10.1 Å². The monoisotopic (exact) mass is 418 g/mol. The Morgan fingerprint density at radius 3 is 1.87 bits per heavy atom. The number of halogens is 1. The molecule has 0 saturated carbocycles. The smallest absolute Gasteiger partial charge is 0.238 e. The van der Waals surface area contributed by atoms with Crippen LogP contribution >= 0.6 is 0 Å². The molecule has 4 heteroatoms. The maximum absolute atomic E-state index is 13.4. The molecule has 0 aliphatic carbocycles. The van der Waals surface area contributed by atoms with Crippen LogP contribution in [-0.2, 0) is 4.79 Å². The van der Waals surface area contributed by atoms with Crippen LogP contribution in [0.3, 0.4) is 0 Å². The van der Waals surface area contributed by atoms with Gasteiger partial charge in [0.25, 0.3) is 0 Å². The standard InChI is InChI=1S/C27H31FN2O/c1-18(2)23-11-8-12-24(19(3)4)27(23)30-25(31)17-29-26(20-9-6-5-7-10-20)21-13-15-22(28)16-14-21/h5-16,18-19,26,29H,17H2,1-4H3,(H,30,31). The second-order valence-electron chi connectivity index (χ2n) is 8.45. The Morgan fingerprint density at radius 1 is 0.774 bits per heavy atom. The Balaban J connectivity index is 1.80. The van der Waals surface area contributed by atoms with Gasteiger partial charge in [-0.2, -0.15) is 0 Å². The van der Waals surface area contributed by atoms with Crippen molar-refractivity contribution in [1.29, 1.82) is 0 Å². The molecule has 0 aromatic heterocycles. The minimum Gasteiger partial charge on any atom is -0.324 e. The average Bonchev–Trinajstić information content (AvgIpc) is 2.75. The van der Waals surface area contributed by atoms with Gasteiger partial charge in [-0.05, 0) is 46.2 Å². The molecule has 31 heavy (non-hydrogen) atoms. The van der Waals surface area contributed by atoms with E-state index in [9.17, 15) is 9.18 Å². The van der Waals surface area contributed by atoms with E-state index in [1.54, 1.807) is 12.1 Å². The molecule has 162 valence electrons. The average molecular weight is 419 g/mol. The third-order valence-electron chi connectivity index (χ3n) is 5.44. The summed E-state index contributed by atoms with van der Waals surface area (Å²) in [7, 11) is 0. The van der Waals surface area contributed by atoms with Crippen LogP contribution in [0.15, 0.2) is 72.8 Å². The van der Waals surface area contributed by atoms with E-state index >= 15 is 0 Å². The lowest BCUT2D eigenvalue weighted by Crippen LogP contribution is -2.32. The highest BCUT2D eigenvalue weighted by atomic mass is 19.1. The zero-order valence-corrected chi connectivity index (χ0v) is 18.7. The van der Waals surface area contributed by atoms with Crippen LogP contribution in [0.25, 0.3) is 0 Å². The number of anilines is 1. The number of hydrogen-bond donors (Lipinski definition) is 2. The molecule has 1 atom stereocenters. The Hall–Kier alpha value is -2.98. The molecule has 3 rings (SSSR count). The Labute approximate surface area is 184 Å². The first-order chi connectivity index (χ1) is 14.9. The molecule has 0 saturated heterocycles. The zero-order chi connectivity index (χ0) is 22.4. The summed E-state index contributed by atoms with van der Waals surface area (Å²) in [5.41, 5.74) is 5.12. The van der Waals surface area contributed by atoms with E-state index in [1.807, 2.05) is 30.3 Å². The maximum Gasteiger partial charge on any atom is 0.238 e. The van der Waals surface area contributed by atoms with Gasteiger partial charge in [0.15, 0.2) is 0 Å². The maximum atomic E-state index is 13.4. The SMILES string of the molecule is CC(C)c1cccc(C(C)C)c1NC(=O)CNC(c1ccccc1)c1ccc(F)cc1. The van der Waals surface area contributed by atoms with Gasteiger partial charge in [-0.3, -0.25) is 10.1 Å². The molecule has 0 heterocycles. The number of nitrogens with one attached hydrogen (secondary N) is 2. The van der Waals surface area contributed by atoms with Gasteiger partial charge in [0, 0.05) is 5.69 Å². The Morgan fingerprint density at radius 2 is 1.32 bits per heavy atom. The Bertz CT molecular complexity index is 971. The number of amides is 1. The van der Waals surface area contributed by atoms with Crippen molar-refractivity contribution in [2.75, 3.05) is 11.9 Å². The molecular formula is C27H31FN2O. The lowest BCUT2D eigenvalue weighted by atomic mass is 9.92. The molecule has 1 amide bonds. The minimum absolute atomic E-state index is 0.0990. The summed E-state index contributed by atoms with van der Waals surface area (Å²) in [6.45, 7) is 8.67. The van der Waals surface area contributed by atoms with Gasteiger partial charge in [0.1, 0.15) is 5.82 Å². The number of hydrogen-bond acceptors (Lipinski definition) is 2. The zero-order valence-electron chi connectivity index (χ0n) is 18.7. The van der Waals surface area contributed by atoms with Crippen molar-refractivity contribution in [3.8, 4) is 0 Å². The van der Waals surface area contributed by atoms with Gasteiger partial charge in [0.05, 0.1) is 12.6 Å². The van der Waals surface area contributed by atoms with Crippen molar-refractivity contribution in [3.05, 3.63) is 101 Å². The molecule has 0 radical (unpaired) electrons. The topological polar surface area (TPSA) is 41.1 Å². The summed E-state index contributed by atoms with van der Waals surface area (Å²) < 4.78 is 13.4. The highest BCUT2D eigenvalue weighted by molar-refractivity contribution is 5.94. The van der Waals surface area contributed by atoms with Crippen molar-refractivity contribution in [2.45, 2.75) is 45.6 Å². The second kappa shape index (κ2) is 10.4. The van der Waals surface area contributed by atoms with Crippen molar-refractivity contribution in [3.63, 3.8) is 0 Å². The lowest BCUT2D eigenvalue weighted by Gasteiger charge is -2.22. The normalized spacial score (nSPS) is 12.2. The summed E-state index contributed by atoms with van der Waals surface area (Å²) in [5.74, 6) is 0.231. The molecule has 0 aliphatic heterocycles. The lowest BCUT2D eigenvalue weighted by molar-refractivity contribution is -0.115. The first kappa shape index (κ1) is 22.7. The highest BCUT2D eigenvalue weighted by Gasteiger charge is 2.18. The predicted molar refractivity (Wildman–Crippen MR) is 126 cm³/mol. The highest BCUT2D eigenvalue weighted by Crippen LogP contribution is 2.32. The quantitative estimate of drug-likeness (QED) is 0.445. The van der Waals surface area contributed by atoms with Crippen molar-refractivity contribution >= 4 is 11.6 Å². The van der Waals surface area contributed by atoms with Crippen LogP contribution in [0, 0.1) is 5.82 Å². The van der Waals surface area contributed by atoms with Gasteiger partial charge in [-0.25, -0.2) is 4.39 Å². The van der Waals surface area contributed by atoms with Crippen molar-refractivity contribution in [2.24, 2.45) is 0 Å². The van der Waals surface area contributed by atoms with Crippen LogP contribution < -0.4 is 10.6 Å². The van der Waals surface area contributed by atoms with Crippen molar-refractivity contribution < 1.29 is 9.18 Å². The van der Waals surface area contributed by atoms with Crippen LogP contribution in [0.1, 0.15) is 67.8 Å². The fourth-order valence-electron chi connectivity index (χ4n) is 3.80. The summed E-state index contributed by atoms with van der Waals surface area (Å²) in [6, 6.07) is 22.3. The first-order valence-corrected chi connectivity index (χ1v) is 10.8. The number of carbonyl (C=O) groups is 1. The van der Waals surface area contributed by atoms with E-state index < -0.39 is 0 Å². The van der Waals surface area contributed by atoms with Gasteiger partial charge in [0.2, 0.25) is 5.91 Å². The van der Waals surface area contributed by atoms with E-state index in [-0.39, 0.29) is 24.3 Å². The fourth-order valence-corrected chi connectivity index (χ4v) is 3.80. The molecular weight excluding hydrogens is 387 g/mol. The van der Waals surface area contributed by atoms with E-state index in [0.29, 0.717) is 11.8 Å². The third-order valence-corrected chi connectivity index (χ3v) is 5.44. The molecule has 1 unspecified atom stereocenters. The predicted octanol–water partition coefficient (Wildman–Crippen LogP) is 6.39. The number of carbonyl (C=O) groups excluding carboxylic acids is 1. The van der Waals surface area contributed by atoms with E-state index in [0.717, 1.165) is 27.9 Å². The number of benzene rings is 3. The van der Waals surface area contributed by atoms with E-state index in [2.05, 4.69) is 56.5 Å². The molecule has 0 spiro atoms. The minimum atomic E-state index is -0.278. The summed E-state index contributed by atoms with van der Waals surface area (Å²) >= 11 is 0. The van der Waals surface area contributed by atoms with Crippen LogP contribution in [0.2, 0.25) is 0 Å². The van der Waals surface area contributed by atoms with Gasteiger partial charge < -0.3 is 5.32 Å². The summed E-state index contributed by atoms with van der Waals surface area (Å²) in [4.78, 5) is 12.9. The van der Waals surface area contributed by atoms with Gasteiger partial charge in [-0.1, -0.05) is 88.4 Å². The molecule has 3 aromatic carbocycles. The third kappa shape index (κ3) is 5.80. The van der Waals surface area contributed by atoms with Crippen molar-refractivity contribution in [1.82, 2.24) is 5.32 Å². The molecule has 0 bridgehead atoms. The molecule has 3 aromatic rings. The molecule has 2 N–H and O–H groups in total. The summed E-state index contributed by atoms with van der Waals surface area (Å²) in [6.07, 6.45) is 0. The number of rotatable bonds is 8. The largest absolute Gasteiger partial charge is 0.324 e. The molecule has 0 aliphatic rings. The van der Waals surface area contributed by atoms with Crippen LogP contribution in [0.5, 0.6) is 0 Å². The van der Waals surface area contributed by atoms with Gasteiger partial charge >= 0.3 is 0 Å². The first-order valence-electron chi connectivity index (χ1n) is 10.8. The molecule has 3 nitrogen and oxygen atoms in total. The molecule has 0 fully saturated rings. The fraction of sp³-hybridized carbons (Fsp3) is 0.296. The van der Waals surface area contributed by atoms with E-state index in [1.165, 1.54) is 12.1 Å². The Kier molecular flexibility index (Phi) is 7.59. The van der Waals surface area contributed by atoms with E-state index in [4.69, 9.17) is 0 Å². The van der Waals surface area contributed by atoms with Gasteiger partial charge in [-0.15, -0.1) is 0 Å². The summed E-state index contributed by atoms with van der Waals surface area (Å²) in [5, 5.41) is 6.50. The second-order valence-corrected chi connectivity index (χ2v) is 8.45.